The molecule has 0 saturated carbocycles. The highest BCUT2D eigenvalue weighted by Gasteiger charge is 2.23. The Balaban J connectivity index is 2.42. The molecule has 0 spiro atoms. The van der Waals surface area contributed by atoms with Gasteiger partial charge in [-0.25, -0.2) is 13.1 Å². The summed E-state index contributed by atoms with van der Waals surface area (Å²) in [6.07, 6.45) is 0. The van der Waals surface area contributed by atoms with Gasteiger partial charge in [0.05, 0.1) is 12.0 Å². The average Bonchev–Trinajstić information content (AvgIpc) is 2.53. The standard InChI is InChI=1S/C21H29NO3S/c1-13(2)19-12-21(16(5)11-20(19)25-7)26(23,24)22-17(6)18-9-8-14(3)10-15(18)4/h8-13,17,22H,1-7H3/t17-/m0/s1. The summed E-state index contributed by atoms with van der Waals surface area (Å²) < 4.78 is 34.3. The number of rotatable bonds is 6. The summed E-state index contributed by atoms with van der Waals surface area (Å²) in [5, 5.41) is 0. The number of hydrogen-bond acceptors (Lipinski definition) is 3. The summed E-state index contributed by atoms with van der Waals surface area (Å²) in [5.74, 6) is 0.884. The Hall–Kier alpha value is -1.85. The number of aryl methyl sites for hydroxylation is 3. The van der Waals surface area contributed by atoms with Crippen LogP contribution in [-0.2, 0) is 10.0 Å². The summed E-state index contributed by atoms with van der Waals surface area (Å²) in [6, 6.07) is 9.27. The summed E-state index contributed by atoms with van der Waals surface area (Å²) >= 11 is 0. The Bertz CT molecular complexity index is 902. The van der Waals surface area contributed by atoms with Gasteiger partial charge in [0, 0.05) is 6.04 Å². The van der Waals surface area contributed by atoms with E-state index >= 15 is 0 Å². The van der Waals surface area contributed by atoms with Crippen LogP contribution in [0.25, 0.3) is 0 Å². The van der Waals surface area contributed by atoms with Gasteiger partial charge in [-0.15, -0.1) is 0 Å². The SMILES string of the molecule is COc1cc(C)c(S(=O)(=O)N[C@@H](C)c2ccc(C)cc2C)cc1C(C)C. The van der Waals surface area contributed by atoms with E-state index in [9.17, 15) is 8.42 Å². The minimum Gasteiger partial charge on any atom is -0.496 e. The van der Waals surface area contributed by atoms with Gasteiger partial charge >= 0.3 is 0 Å². The van der Waals surface area contributed by atoms with Crippen LogP contribution in [0.1, 0.15) is 60.5 Å². The first-order valence-electron chi connectivity index (χ1n) is 8.84. The van der Waals surface area contributed by atoms with Crippen molar-refractivity contribution in [3.63, 3.8) is 0 Å². The van der Waals surface area contributed by atoms with E-state index in [1.54, 1.807) is 26.2 Å². The molecule has 0 bridgehead atoms. The fraction of sp³-hybridized carbons (Fsp3) is 0.429. The molecule has 4 nitrogen and oxygen atoms in total. The molecule has 0 aliphatic heterocycles. The van der Waals surface area contributed by atoms with Crippen molar-refractivity contribution in [2.45, 2.75) is 58.4 Å². The van der Waals surface area contributed by atoms with E-state index in [1.807, 2.05) is 46.8 Å². The van der Waals surface area contributed by atoms with E-state index in [0.29, 0.717) is 10.5 Å². The van der Waals surface area contributed by atoms with Crippen LogP contribution in [0.4, 0.5) is 0 Å². The zero-order chi connectivity index (χ0) is 19.6. The molecule has 0 radical (unpaired) electrons. The smallest absolute Gasteiger partial charge is 0.241 e. The van der Waals surface area contributed by atoms with Crippen LogP contribution < -0.4 is 9.46 Å². The van der Waals surface area contributed by atoms with Gasteiger partial charge in [-0.3, -0.25) is 0 Å². The zero-order valence-electron chi connectivity index (χ0n) is 16.7. The molecule has 2 rings (SSSR count). The fourth-order valence-electron chi connectivity index (χ4n) is 3.27. The number of ether oxygens (including phenoxy) is 1. The summed E-state index contributed by atoms with van der Waals surface area (Å²) in [6.45, 7) is 11.7. The van der Waals surface area contributed by atoms with Gasteiger partial charge in [0.15, 0.2) is 0 Å². The van der Waals surface area contributed by atoms with Gasteiger partial charge in [0.1, 0.15) is 5.75 Å². The van der Waals surface area contributed by atoms with E-state index in [1.165, 1.54) is 0 Å². The summed E-state index contributed by atoms with van der Waals surface area (Å²) in [4.78, 5) is 0.304. The summed E-state index contributed by atoms with van der Waals surface area (Å²) in [5.41, 5.74) is 4.78. The maximum absolute atomic E-state index is 13.0. The third-order valence-electron chi connectivity index (χ3n) is 4.66. The minimum atomic E-state index is -3.65. The van der Waals surface area contributed by atoms with Crippen molar-refractivity contribution < 1.29 is 13.2 Å². The molecular formula is C21H29NO3S. The van der Waals surface area contributed by atoms with Crippen molar-refractivity contribution in [3.8, 4) is 5.75 Å². The lowest BCUT2D eigenvalue weighted by molar-refractivity contribution is 0.406. The monoisotopic (exact) mass is 375 g/mol. The van der Waals surface area contributed by atoms with E-state index in [-0.39, 0.29) is 12.0 Å². The molecule has 0 aromatic heterocycles. The Morgan fingerprint density at radius 2 is 1.58 bits per heavy atom. The molecule has 0 saturated heterocycles. The van der Waals surface area contributed by atoms with E-state index < -0.39 is 10.0 Å². The number of methoxy groups -OCH3 is 1. The Morgan fingerprint density at radius 3 is 2.12 bits per heavy atom. The molecule has 5 heteroatoms. The molecule has 1 atom stereocenters. The first-order chi connectivity index (χ1) is 12.1. The second-order valence-electron chi connectivity index (χ2n) is 7.22. The molecule has 2 aromatic rings. The highest BCUT2D eigenvalue weighted by Crippen LogP contribution is 2.32. The average molecular weight is 376 g/mol. The van der Waals surface area contributed by atoms with Crippen LogP contribution in [0, 0.1) is 20.8 Å². The van der Waals surface area contributed by atoms with Crippen LogP contribution in [0.5, 0.6) is 5.75 Å². The molecule has 0 amide bonds. The van der Waals surface area contributed by atoms with Gasteiger partial charge < -0.3 is 4.74 Å². The largest absolute Gasteiger partial charge is 0.496 e. The van der Waals surface area contributed by atoms with Crippen LogP contribution in [0.15, 0.2) is 35.2 Å². The molecule has 0 unspecified atom stereocenters. The first-order valence-corrected chi connectivity index (χ1v) is 10.3. The molecule has 0 aliphatic carbocycles. The minimum absolute atomic E-state index is 0.163. The normalized spacial score (nSPS) is 13.1. The van der Waals surface area contributed by atoms with E-state index in [4.69, 9.17) is 4.74 Å². The van der Waals surface area contributed by atoms with Gasteiger partial charge in [-0.05, 0) is 68.0 Å². The van der Waals surface area contributed by atoms with Crippen LogP contribution in [0.3, 0.4) is 0 Å². The third kappa shape index (κ3) is 4.27. The molecule has 142 valence electrons. The second kappa shape index (κ2) is 7.80. The molecule has 0 fully saturated rings. The number of sulfonamides is 1. The third-order valence-corrected chi connectivity index (χ3v) is 6.35. The lowest BCUT2D eigenvalue weighted by atomic mass is 10.0. The lowest BCUT2D eigenvalue weighted by Gasteiger charge is -2.20. The van der Waals surface area contributed by atoms with Crippen molar-refractivity contribution >= 4 is 10.0 Å². The van der Waals surface area contributed by atoms with Crippen LogP contribution in [-0.4, -0.2) is 15.5 Å². The molecule has 2 aromatic carbocycles. The molecule has 26 heavy (non-hydrogen) atoms. The predicted molar refractivity (Wildman–Crippen MR) is 106 cm³/mol. The first kappa shape index (κ1) is 20.5. The van der Waals surface area contributed by atoms with Crippen molar-refractivity contribution in [1.82, 2.24) is 4.72 Å². The van der Waals surface area contributed by atoms with Crippen molar-refractivity contribution in [1.29, 1.82) is 0 Å². The Kier molecular flexibility index (Phi) is 6.14. The summed E-state index contributed by atoms with van der Waals surface area (Å²) in [7, 11) is -2.05. The zero-order valence-corrected chi connectivity index (χ0v) is 17.5. The Morgan fingerprint density at radius 1 is 0.923 bits per heavy atom. The highest BCUT2D eigenvalue weighted by molar-refractivity contribution is 7.89. The van der Waals surface area contributed by atoms with Gasteiger partial charge in [-0.2, -0.15) is 0 Å². The van der Waals surface area contributed by atoms with Crippen LogP contribution >= 0.6 is 0 Å². The van der Waals surface area contributed by atoms with Gasteiger partial charge in [0.25, 0.3) is 0 Å². The number of nitrogens with one attached hydrogen (secondary N) is 1. The maximum Gasteiger partial charge on any atom is 0.241 e. The highest BCUT2D eigenvalue weighted by atomic mass is 32.2. The van der Waals surface area contributed by atoms with Crippen molar-refractivity contribution in [3.05, 3.63) is 58.1 Å². The van der Waals surface area contributed by atoms with Crippen molar-refractivity contribution in [2.75, 3.05) is 7.11 Å². The van der Waals surface area contributed by atoms with Gasteiger partial charge in [-0.1, -0.05) is 37.6 Å². The van der Waals surface area contributed by atoms with E-state index in [2.05, 4.69) is 10.8 Å². The lowest BCUT2D eigenvalue weighted by Crippen LogP contribution is -2.28. The maximum atomic E-state index is 13.0. The predicted octanol–water partition coefficient (Wildman–Crippen LogP) is 4.78. The number of benzene rings is 2. The van der Waals surface area contributed by atoms with E-state index in [0.717, 1.165) is 28.0 Å². The van der Waals surface area contributed by atoms with Gasteiger partial charge in [0.2, 0.25) is 10.0 Å². The number of hydrogen-bond donors (Lipinski definition) is 1. The van der Waals surface area contributed by atoms with Crippen molar-refractivity contribution in [2.24, 2.45) is 0 Å². The molecular weight excluding hydrogens is 346 g/mol. The molecule has 0 heterocycles. The molecule has 0 aliphatic rings. The van der Waals surface area contributed by atoms with Crippen LogP contribution in [0.2, 0.25) is 0 Å². The second-order valence-corrected chi connectivity index (χ2v) is 8.90. The quantitative estimate of drug-likeness (QED) is 0.790. The fourth-order valence-corrected chi connectivity index (χ4v) is 4.75. The topological polar surface area (TPSA) is 55.4 Å². The molecule has 1 N–H and O–H groups in total. The Labute approximate surface area is 157 Å².